The molecule has 2 aromatic heterocycles. The Labute approximate surface area is 124 Å². The first-order chi connectivity index (χ1) is 10.1. The zero-order chi connectivity index (χ0) is 15.0. The van der Waals surface area contributed by atoms with Gasteiger partial charge in [0.05, 0.1) is 0 Å². The molecular weight excluding hydrogens is 266 g/mol. The first kappa shape index (κ1) is 13.9. The third-order valence-electron chi connectivity index (χ3n) is 4.00. The predicted molar refractivity (Wildman–Crippen MR) is 79.1 cm³/mol. The van der Waals surface area contributed by atoms with Crippen molar-refractivity contribution in [1.82, 2.24) is 24.6 Å². The first-order valence-corrected chi connectivity index (χ1v) is 7.40. The Kier molecular flexibility index (Phi) is 3.53. The maximum absolute atomic E-state index is 12.3. The monoisotopic (exact) mass is 287 g/mol. The second-order valence-electron chi connectivity index (χ2n) is 5.95. The molecule has 6 heteroatoms. The molecule has 0 aliphatic carbocycles. The van der Waals surface area contributed by atoms with Gasteiger partial charge in [-0.15, -0.1) is 10.2 Å². The fourth-order valence-corrected chi connectivity index (χ4v) is 2.85. The second kappa shape index (κ2) is 5.35. The van der Waals surface area contributed by atoms with Crippen LogP contribution in [0.4, 0.5) is 0 Å². The van der Waals surface area contributed by atoms with Gasteiger partial charge in [0.2, 0.25) is 0 Å². The number of hydrogen-bond donors (Lipinski definition) is 1. The van der Waals surface area contributed by atoms with Crippen molar-refractivity contribution in [2.24, 2.45) is 7.05 Å². The average Bonchev–Trinajstić information content (AvgIpc) is 3.04. The van der Waals surface area contributed by atoms with E-state index < -0.39 is 0 Å². The van der Waals surface area contributed by atoms with Crippen molar-refractivity contribution >= 4 is 5.91 Å². The van der Waals surface area contributed by atoms with Gasteiger partial charge in [-0.1, -0.05) is 13.8 Å². The van der Waals surface area contributed by atoms with Crippen molar-refractivity contribution in [3.8, 4) is 0 Å². The Hall–Kier alpha value is -2.11. The van der Waals surface area contributed by atoms with E-state index >= 15 is 0 Å². The van der Waals surface area contributed by atoms with Crippen molar-refractivity contribution < 1.29 is 4.79 Å². The number of amides is 1. The quantitative estimate of drug-likeness (QED) is 0.930. The van der Waals surface area contributed by atoms with Crippen LogP contribution in [0.25, 0.3) is 0 Å². The Bertz CT molecular complexity index is 655. The lowest BCUT2D eigenvalue weighted by Gasteiger charge is -2.26. The maximum atomic E-state index is 12.3. The predicted octanol–water partition coefficient (Wildman–Crippen LogP) is 1.48. The smallest absolute Gasteiger partial charge is 0.268 e. The molecule has 0 aromatic carbocycles. The highest BCUT2D eigenvalue weighted by atomic mass is 16.2. The van der Waals surface area contributed by atoms with E-state index in [9.17, 15) is 4.79 Å². The molecule has 1 N–H and O–H groups in total. The van der Waals surface area contributed by atoms with E-state index in [1.54, 1.807) is 0 Å². The van der Waals surface area contributed by atoms with Gasteiger partial charge >= 0.3 is 0 Å². The van der Waals surface area contributed by atoms with Crippen LogP contribution in [-0.4, -0.2) is 31.3 Å². The summed E-state index contributed by atoms with van der Waals surface area (Å²) < 4.78 is 3.99. The Morgan fingerprint density at radius 3 is 2.90 bits per heavy atom. The van der Waals surface area contributed by atoms with Crippen LogP contribution in [0.2, 0.25) is 0 Å². The fraction of sp³-hybridized carbons (Fsp3) is 0.533. The van der Waals surface area contributed by atoms with Crippen LogP contribution in [0.15, 0.2) is 18.3 Å². The van der Waals surface area contributed by atoms with E-state index in [2.05, 4.69) is 33.9 Å². The second-order valence-corrected chi connectivity index (χ2v) is 5.95. The number of hydrogen-bond acceptors (Lipinski definition) is 3. The van der Waals surface area contributed by atoms with E-state index in [4.69, 9.17) is 0 Å². The van der Waals surface area contributed by atoms with Gasteiger partial charge < -0.3 is 14.5 Å². The number of carbonyl (C=O) groups is 1. The third kappa shape index (κ3) is 2.57. The minimum absolute atomic E-state index is 0.0184. The van der Waals surface area contributed by atoms with Crippen molar-refractivity contribution in [2.45, 2.75) is 45.2 Å². The highest BCUT2D eigenvalue weighted by Gasteiger charge is 2.25. The zero-order valence-corrected chi connectivity index (χ0v) is 12.7. The summed E-state index contributed by atoms with van der Waals surface area (Å²) in [5.41, 5.74) is 0.689. The van der Waals surface area contributed by atoms with Gasteiger partial charge in [-0.2, -0.15) is 0 Å². The number of aryl methyl sites for hydroxylation is 2. The van der Waals surface area contributed by atoms with Gasteiger partial charge in [0.15, 0.2) is 0 Å². The molecule has 0 bridgehead atoms. The normalized spacial score (nSPS) is 17.8. The molecule has 6 nitrogen and oxygen atoms in total. The SMILES string of the molecule is CC(C)c1nnc2n1C[C@@H](NC(=O)c1cccn1C)CC2. The van der Waals surface area contributed by atoms with Crippen molar-refractivity contribution in [3.05, 3.63) is 35.7 Å². The molecule has 3 rings (SSSR count). The summed E-state index contributed by atoms with van der Waals surface area (Å²) in [7, 11) is 1.88. The van der Waals surface area contributed by atoms with E-state index in [0.29, 0.717) is 11.6 Å². The Morgan fingerprint density at radius 2 is 2.24 bits per heavy atom. The molecule has 0 unspecified atom stereocenters. The zero-order valence-electron chi connectivity index (χ0n) is 12.7. The van der Waals surface area contributed by atoms with Gasteiger partial charge in [0.1, 0.15) is 17.3 Å². The van der Waals surface area contributed by atoms with E-state index in [0.717, 1.165) is 31.0 Å². The average molecular weight is 287 g/mol. The Morgan fingerprint density at radius 1 is 1.43 bits per heavy atom. The highest BCUT2D eigenvalue weighted by molar-refractivity contribution is 5.92. The van der Waals surface area contributed by atoms with Gasteiger partial charge in [-0.3, -0.25) is 4.79 Å². The summed E-state index contributed by atoms with van der Waals surface area (Å²) in [5, 5.41) is 11.6. The van der Waals surface area contributed by atoms with Gasteiger partial charge in [-0.05, 0) is 18.6 Å². The van der Waals surface area contributed by atoms with Crippen molar-refractivity contribution in [2.75, 3.05) is 0 Å². The molecule has 0 fully saturated rings. The van der Waals surface area contributed by atoms with Crippen LogP contribution in [0.5, 0.6) is 0 Å². The summed E-state index contributed by atoms with van der Waals surface area (Å²) >= 11 is 0. The number of rotatable bonds is 3. The lowest BCUT2D eigenvalue weighted by molar-refractivity contribution is 0.0919. The third-order valence-corrected chi connectivity index (χ3v) is 4.00. The van der Waals surface area contributed by atoms with Crippen LogP contribution >= 0.6 is 0 Å². The highest BCUT2D eigenvalue weighted by Crippen LogP contribution is 2.20. The maximum Gasteiger partial charge on any atom is 0.268 e. The molecule has 2 aromatic rings. The number of nitrogens with one attached hydrogen (secondary N) is 1. The lowest BCUT2D eigenvalue weighted by atomic mass is 10.1. The summed E-state index contributed by atoms with van der Waals surface area (Å²) in [6, 6.07) is 3.85. The van der Waals surface area contributed by atoms with Crippen molar-refractivity contribution in [3.63, 3.8) is 0 Å². The topological polar surface area (TPSA) is 64.7 Å². The lowest BCUT2D eigenvalue weighted by Crippen LogP contribution is -2.42. The molecular formula is C15H21N5O. The molecule has 1 aliphatic rings. The largest absolute Gasteiger partial charge is 0.347 e. The Balaban J connectivity index is 1.73. The van der Waals surface area contributed by atoms with Crippen molar-refractivity contribution in [1.29, 1.82) is 0 Å². The van der Waals surface area contributed by atoms with E-state index in [1.165, 1.54) is 0 Å². The molecule has 1 atom stereocenters. The molecule has 112 valence electrons. The van der Waals surface area contributed by atoms with Gasteiger partial charge in [-0.25, -0.2) is 0 Å². The van der Waals surface area contributed by atoms with Crippen LogP contribution in [0, 0.1) is 0 Å². The van der Waals surface area contributed by atoms with E-state index in [-0.39, 0.29) is 11.9 Å². The minimum Gasteiger partial charge on any atom is -0.347 e. The number of carbonyl (C=O) groups excluding carboxylic acids is 1. The molecule has 21 heavy (non-hydrogen) atoms. The summed E-state index contributed by atoms with van der Waals surface area (Å²) in [6.07, 6.45) is 3.65. The summed E-state index contributed by atoms with van der Waals surface area (Å²) in [4.78, 5) is 12.3. The van der Waals surface area contributed by atoms with Crippen LogP contribution in [0.3, 0.4) is 0 Å². The molecule has 0 saturated carbocycles. The first-order valence-electron chi connectivity index (χ1n) is 7.40. The van der Waals surface area contributed by atoms with Crippen LogP contribution < -0.4 is 5.32 Å². The summed E-state index contributed by atoms with van der Waals surface area (Å²) in [5.74, 6) is 2.36. The molecule has 0 saturated heterocycles. The minimum atomic E-state index is -0.0184. The summed E-state index contributed by atoms with van der Waals surface area (Å²) in [6.45, 7) is 4.99. The number of aromatic nitrogens is 4. The van der Waals surface area contributed by atoms with E-state index in [1.807, 2.05) is 29.9 Å². The van der Waals surface area contributed by atoms with Gasteiger partial charge in [0.25, 0.3) is 5.91 Å². The molecule has 3 heterocycles. The fourth-order valence-electron chi connectivity index (χ4n) is 2.85. The molecule has 1 aliphatic heterocycles. The number of fused-ring (bicyclic) bond motifs is 1. The van der Waals surface area contributed by atoms with Crippen LogP contribution in [-0.2, 0) is 20.0 Å². The molecule has 1 amide bonds. The van der Waals surface area contributed by atoms with Gasteiger partial charge in [0, 0.05) is 38.2 Å². The standard InChI is InChI=1S/C15H21N5O/c1-10(2)14-18-17-13-7-6-11(9-20(13)14)16-15(21)12-5-4-8-19(12)3/h4-5,8,10-11H,6-7,9H2,1-3H3,(H,16,21)/t11-/m0/s1. The molecule has 0 radical (unpaired) electrons. The molecule has 0 spiro atoms. The number of nitrogens with zero attached hydrogens (tertiary/aromatic N) is 4. The van der Waals surface area contributed by atoms with Crippen LogP contribution in [0.1, 0.15) is 48.3 Å².